The van der Waals surface area contributed by atoms with Gasteiger partial charge >= 0.3 is 0 Å². The Labute approximate surface area is 276 Å². The maximum atomic E-state index is 5.03. The SMILES string of the molecule is c1ccc(-c2nc(-c3ccccc3)nc(-c3cccc(-c4c5ccccc5c(-c5ccccc5)c5sc6ccccc6c45)c3)n2)cc1. The van der Waals surface area contributed by atoms with Crippen LogP contribution in [0.5, 0.6) is 0 Å². The molecule has 0 N–H and O–H groups in total. The van der Waals surface area contributed by atoms with Gasteiger partial charge in [-0.1, -0.05) is 152 Å². The summed E-state index contributed by atoms with van der Waals surface area (Å²) in [6.45, 7) is 0. The molecule has 0 unspecified atom stereocenters. The zero-order chi connectivity index (χ0) is 31.2. The second-order valence-corrected chi connectivity index (χ2v) is 12.6. The summed E-state index contributed by atoms with van der Waals surface area (Å²) in [6.07, 6.45) is 0. The predicted molar refractivity (Wildman–Crippen MR) is 197 cm³/mol. The molecule has 220 valence electrons. The highest BCUT2D eigenvalue weighted by Crippen LogP contribution is 2.50. The van der Waals surface area contributed by atoms with Crippen molar-refractivity contribution in [3.63, 3.8) is 0 Å². The summed E-state index contributed by atoms with van der Waals surface area (Å²) in [5, 5.41) is 5.03. The Balaban J connectivity index is 1.32. The van der Waals surface area contributed by atoms with Gasteiger partial charge in [-0.05, 0) is 39.6 Å². The fraction of sp³-hybridized carbons (Fsp3) is 0. The van der Waals surface area contributed by atoms with Gasteiger partial charge in [-0.25, -0.2) is 15.0 Å². The van der Waals surface area contributed by atoms with Crippen LogP contribution in [0, 0.1) is 0 Å². The highest BCUT2D eigenvalue weighted by Gasteiger charge is 2.21. The van der Waals surface area contributed by atoms with E-state index in [1.165, 1.54) is 47.6 Å². The van der Waals surface area contributed by atoms with Gasteiger partial charge in [0, 0.05) is 42.4 Å². The van der Waals surface area contributed by atoms with Gasteiger partial charge in [-0.15, -0.1) is 11.3 Å². The lowest BCUT2D eigenvalue weighted by molar-refractivity contribution is 1.07. The summed E-state index contributed by atoms with van der Waals surface area (Å²) in [7, 11) is 0. The van der Waals surface area contributed by atoms with Crippen LogP contribution in [0.15, 0.2) is 164 Å². The Kier molecular flexibility index (Phi) is 6.65. The Morgan fingerprint density at radius 3 is 1.40 bits per heavy atom. The number of fused-ring (bicyclic) bond motifs is 4. The standard InChI is InChI=1S/C43H27N3S/c1-4-15-28(16-5-1)38-34-24-11-10-23-33(34)37(39-35-25-12-13-26-36(35)47-40(38)39)31-21-14-22-32(27-31)43-45-41(29-17-6-2-7-18-29)44-42(46-43)30-19-8-3-9-20-30/h1-27H. The van der Waals surface area contributed by atoms with Gasteiger partial charge in [0.05, 0.1) is 0 Å². The number of hydrogen-bond acceptors (Lipinski definition) is 4. The largest absolute Gasteiger partial charge is 0.208 e. The molecule has 0 saturated heterocycles. The maximum absolute atomic E-state index is 5.03. The summed E-state index contributed by atoms with van der Waals surface area (Å²) in [4.78, 5) is 15.0. The molecule has 0 fully saturated rings. The second kappa shape index (κ2) is 11.4. The van der Waals surface area contributed by atoms with E-state index >= 15 is 0 Å². The van der Waals surface area contributed by atoms with Crippen LogP contribution in [0.1, 0.15) is 0 Å². The molecular formula is C43H27N3S. The molecule has 0 aliphatic carbocycles. The monoisotopic (exact) mass is 617 g/mol. The summed E-state index contributed by atoms with van der Waals surface area (Å²) in [6, 6.07) is 57.3. The Bertz CT molecular complexity index is 2500. The van der Waals surface area contributed by atoms with E-state index in [0.29, 0.717) is 17.5 Å². The molecule has 9 aromatic rings. The maximum Gasteiger partial charge on any atom is 0.164 e. The van der Waals surface area contributed by atoms with Crippen molar-refractivity contribution >= 4 is 42.3 Å². The van der Waals surface area contributed by atoms with Crippen molar-refractivity contribution < 1.29 is 0 Å². The van der Waals surface area contributed by atoms with E-state index in [4.69, 9.17) is 15.0 Å². The van der Waals surface area contributed by atoms with Crippen LogP contribution in [-0.2, 0) is 0 Å². The molecule has 0 spiro atoms. The minimum absolute atomic E-state index is 0.649. The smallest absolute Gasteiger partial charge is 0.164 e. The van der Waals surface area contributed by atoms with Crippen LogP contribution in [-0.4, -0.2) is 15.0 Å². The third-order valence-corrected chi connectivity index (χ3v) is 9.90. The molecule has 0 saturated carbocycles. The van der Waals surface area contributed by atoms with Gasteiger partial charge in [0.15, 0.2) is 17.5 Å². The molecule has 0 bridgehead atoms. The Morgan fingerprint density at radius 2 is 0.787 bits per heavy atom. The van der Waals surface area contributed by atoms with Crippen LogP contribution in [0.4, 0.5) is 0 Å². The highest BCUT2D eigenvalue weighted by molar-refractivity contribution is 7.26. The first-order chi connectivity index (χ1) is 23.3. The van der Waals surface area contributed by atoms with Gasteiger partial charge in [-0.3, -0.25) is 0 Å². The average molecular weight is 618 g/mol. The summed E-state index contributed by atoms with van der Waals surface area (Å²) in [5.74, 6) is 1.96. The van der Waals surface area contributed by atoms with Crippen molar-refractivity contribution in [3.8, 4) is 56.4 Å². The van der Waals surface area contributed by atoms with Gasteiger partial charge in [0.2, 0.25) is 0 Å². The van der Waals surface area contributed by atoms with E-state index < -0.39 is 0 Å². The number of hydrogen-bond donors (Lipinski definition) is 0. The first kappa shape index (κ1) is 27.3. The second-order valence-electron chi connectivity index (χ2n) is 11.6. The van der Waals surface area contributed by atoms with E-state index in [0.717, 1.165) is 22.3 Å². The number of rotatable bonds is 5. The number of benzene rings is 7. The van der Waals surface area contributed by atoms with E-state index in [1.54, 1.807) is 0 Å². The van der Waals surface area contributed by atoms with Crippen LogP contribution in [0.3, 0.4) is 0 Å². The lowest BCUT2D eigenvalue weighted by Crippen LogP contribution is -2.00. The summed E-state index contributed by atoms with van der Waals surface area (Å²) < 4.78 is 2.58. The predicted octanol–water partition coefficient (Wildman–Crippen LogP) is 11.7. The van der Waals surface area contributed by atoms with Crippen molar-refractivity contribution in [2.45, 2.75) is 0 Å². The van der Waals surface area contributed by atoms with Gasteiger partial charge < -0.3 is 0 Å². The lowest BCUT2D eigenvalue weighted by Gasteiger charge is -2.16. The third-order valence-electron chi connectivity index (χ3n) is 8.71. The van der Waals surface area contributed by atoms with Gasteiger partial charge in [0.25, 0.3) is 0 Å². The first-order valence-corrected chi connectivity index (χ1v) is 16.5. The average Bonchev–Trinajstić information content (AvgIpc) is 3.53. The molecule has 47 heavy (non-hydrogen) atoms. The third kappa shape index (κ3) is 4.78. The number of thiophene rings is 1. The zero-order valence-electron chi connectivity index (χ0n) is 25.3. The van der Waals surface area contributed by atoms with Crippen LogP contribution >= 0.6 is 11.3 Å². The summed E-state index contributed by atoms with van der Waals surface area (Å²) in [5.41, 5.74) is 7.74. The lowest BCUT2D eigenvalue weighted by atomic mass is 9.88. The highest BCUT2D eigenvalue weighted by atomic mass is 32.1. The number of nitrogens with zero attached hydrogens (tertiary/aromatic N) is 3. The quantitative estimate of drug-likeness (QED) is 0.193. The van der Waals surface area contributed by atoms with Crippen molar-refractivity contribution in [1.29, 1.82) is 0 Å². The molecule has 0 aliphatic rings. The molecule has 2 aromatic heterocycles. The van der Waals surface area contributed by atoms with Gasteiger partial charge in [-0.2, -0.15) is 0 Å². The molecule has 7 aromatic carbocycles. The Hall–Kier alpha value is -5.97. The van der Waals surface area contributed by atoms with Crippen LogP contribution < -0.4 is 0 Å². The van der Waals surface area contributed by atoms with Gasteiger partial charge in [0.1, 0.15) is 0 Å². The molecule has 9 rings (SSSR count). The fourth-order valence-electron chi connectivity index (χ4n) is 6.59. The molecule has 2 heterocycles. The Morgan fingerprint density at radius 1 is 0.340 bits per heavy atom. The van der Waals surface area contributed by atoms with E-state index in [9.17, 15) is 0 Å². The van der Waals surface area contributed by atoms with Crippen LogP contribution in [0.25, 0.3) is 87.4 Å². The van der Waals surface area contributed by atoms with E-state index in [2.05, 4.69) is 103 Å². The normalized spacial score (nSPS) is 11.4. The fourth-order valence-corrected chi connectivity index (χ4v) is 7.88. The van der Waals surface area contributed by atoms with Crippen molar-refractivity contribution in [2.24, 2.45) is 0 Å². The topological polar surface area (TPSA) is 38.7 Å². The zero-order valence-corrected chi connectivity index (χ0v) is 26.2. The van der Waals surface area contributed by atoms with Crippen LogP contribution in [0.2, 0.25) is 0 Å². The van der Waals surface area contributed by atoms with E-state index in [-0.39, 0.29) is 0 Å². The molecular weight excluding hydrogens is 591 g/mol. The molecule has 3 nitrogen and oxygen atoms in total. The molecule has 0 radical (unpaired) electrons. The van der Waals surface area contributed by atoms with Crippen molar-refractivity contribution in [2.75, 3.05) is 0 Å². The van der Waals surface area contributed by atoms with Crippen molar-refractivity contribution in [1.82, 2.24) is 15.0 Å². The molecule has 0 amide bonds. The molecule has 4 heteroatoms. The number of aromatic nitrogens is 3. The minimum atomic E-state index is 0.649. The van der Waals surface area contributed by atoms with Crippen molar-refractivity contribution in [3.05, 3.63) is 164 Å². The molecule has 0 atom stereocenters. The first-order valence-electron chi connectivity index (χ1n) is 15.7. The van der Waals surface area contributed by atoms with E-state index in [1.807, 2.05) is 72.0 Å². The minimum Gasteiger partial charge on any atom is -0.208 e. The molecule has 0 aliphatic heterocycles. The summed E-state index contributed by atoms with van der Waals surface area (Å²) >= 11 is 1.87.